The number of ether oxygens (including phenoxy) is 1. The minimum Gasteiger partial charge on any atom is -0.488 e. The molecule has 0 heterocycles. The van der Waals surface area contributed by atoms with E-state index in [2.05, 4.69) is 67.8 Å². The largest absolute Gasteiger partial charge is 0.488 e. The van der Waals surface area contributed by atoms with E-state index in [-0.39, 0.29) is 16.1 Å². The number of halogens is 3. The van der Waals surface area contributed by atoms with Crippen LogP contribution < -0.4 is 10.5 Å². The second-order valence-electron chi connectivity index (χ2n) is 5.67. The fraction of sp³-hybridized carbons (Fsp3) is 0.533. The lowest BCUT2D eigenvalue weighted by Crippen LogP contribution is -2.35. The van der Waals surface area contributed by atoms with Crippen molar-refractivity contribution in [1.82, 2.24) is 0 Å². The average molecular weight is 657 g/mol. The first kappa shape index (κ1) is 19.9. The van der Waals surface area contributed by atoms with Crippen molar-refractivity contribution in [3.05, 3.63) is 24.8 Å². The third-order valence-corrected chi connectivity index (χ3v) is 6.75. The lowest BCUT2D eigenvalue weighted by atomic mass is 9.95. The Kier molecular flexibility index (Phi) is 7.63. The molecule has 0 saturated heterocycles. The topological polar surface area (TPSA) is 92.8 Å². The Labute approximate surface area is 176 Å². The van der Waals surface area contributed by atoms with Crippen molar-refractivity contribution in [2.45, 2.75) is 47.9 Å². The van der Waals surface area contributed by atoms with Gasteiger partial charge < -0.3 is 20.7 Å². The van der Waals surface area contributed by atoms with Gasteiger partial charge in [-0.3, -0.25) is 4.79 Å². The number of aliphatic hydroxyl groups is 1. The molecule has 23 heavy (non-hydrogen) atoms. The van der Waals surface area contributed by atoms with Crippen LogP contribution in [0, 0.1) is 7.14 Å². The first-order chi connectivity index (χ1) is 10.8. The van der Waals surface area contributed by atoms with Crippen LogP contribution in [0.5, 0.6) is 5.75 Å². The molecule has 0 radical (unpaired) electrons. The highest BCUT2D eigenvalue weighted by atomic mass is 127. The number of aliphatic carboxylic acids is 1. The highest BCUT2D eigenvalue weighted by Gasteiger charge is 2.29. The number of aliphatic hydroxyl groups excluding tert-OH is 1. The molecule has 1 aliphatic rings. The van der Waals surface area contributed by atoms with Crippen molar-refractivity contribution >= 4 is 73.7 Å². The summed E-state index contributed by atoms with van der Waals surface area (Å²) in [5.41, 5.74) is 6.50. The van der Waals surface area contributed by atoms with Gasteiger partial charge in [-0.05, 0) is 88.6 Å². The lowest BCUT2D eigenvalue weighted by Gasteiger charge is -2.31. The van der Waals surface area contributed by atoms with Crippen LogP contribution in [-0.2, 0) is 11.2 Å². The summed E-state index contributed by atoms with van der Waals surface area (Å²) in [7, 11) is 0. The van der Waals surface area contributed by atoms with Gasteiger partial charge in [0.2, 0.25) is 0 Å². The second-order valence-corrected chi connectivity index (χ2v) is 9.60. The molecule has 3 unspecified atom stereocenters. The molecule has 4 atom stereocenters. The van der Waals surface area contributed by atoms with Gasteiger partial charge in [-0.2, -0.15) is 0 Å². The molecule has 0 spiro atoms. The number of carbonyl (C=O) groups is 1. The van der Waals surface area contributed by atoms with Crippen molar-refractivity contribution in [3.8, 4) is 5.75 Å². The van der Waals surface area contributed by atoms with Crippen LogP contribution in [0.1, 0.15) is 24.8 Å². The maximum atomic E-state index is 10.9. The zero-order chi connectivity index (χ0) is 17.1. The predicted molar refractivity (Wildman–Crippen MR) is 113 cm³/mol. The van der Waals surface area contributed by atoms with Crippen molar-refractivity contribution in [3.63, 3.8) is 0 Å². The van der Waals surface area contributed by atoms with E-state index in [1.54, 1.807) is 0 Å². The van der Waals surface area contributed by atoms with E-state index in [0.29, 0.717) is 6.42 Å². The molecule has 1 aromatic rings. The van der Waals surface area contributed by atoms with Gasteiger partial charge in [0, 0.05) is 3.92 Å². The van der Waals surface area contributed by atoms with Crippen molar-refractivity contribution < 1.29 is 19.7 Å². The summed E-state index contributed by atoms with van der Waals surface area (Å²) in [6.45, 7) is 0. The van der Waals surface area contributed by atoms with Crippen molar-refractivity contribution in [2.75, 3.05) is 0 Å². The number of rotatable bonds is 5. The van der Waals surface area contributed by atoms with Crippen molar-refractivity contribution in [1.29, 1.82) is 0 Å². The zero-order valence-electron chi connectivity index (χ0n) is 12.2. The SMILES string of the molecule is N[C@H](Cc1cc(I)c(OC2CCC(O)C(I)C2)c(I)c1)C(=O)O. The van der Waals surface area contributed by atoms with Gasteiger partial charge >= 0.3 is 5.97 Å². The number of alkyl halides is 1. The van der Waals surface area contributed by atoms with Crippen LogP contribution >= 0.6 is 67.8 Å². The Balaban J connectivity index is 2.10. The summed E-state index contributed by atoms with van der Waals surface area (Å²) in [5.74, 6) is -0.159. The van der Waals surface area contributed by atoms with Gasteiger partial charge in [0.15, 0.2) is 0 Å². The third kappa shape index (κ3) is 5.54. The summed E-state index contributed by atoms with van der Waals surface area (Å²) in [6.07, 6.45) is 2.60. The molecular formula is C15H18I3NO4. The van der Waals surface area contributed by atoms with E-state index in [4.69, 9.17) is 15.6 Å². The summed E-state index contributed by atoms with van der Waals surface area (Å²) in [4.78, 5) is 10.9. The molecule has 4 N–H and O–H groups in total. The average Bonchev–Trinajstić information content (AvgIpc) is 2.46. The standard InChI is InChI=1S/C15H18I3NO4/c16-9-6-8(1-2-13(9)20)23-14-10(17)3-7(4-11(14)18)5-12(19)15(21)22/h3-4,8-9,12-13,20H,1-2,5-6,19H2,(H,21,22)/t8?,9?,12-,13?/m1/s1. The minimum absolute atomic E-state index is 0.106. The maximum absolute atomic E-state index is 10.9. The monoisotopic (exact) mass is 657 g/mol. The highest BCUT2D eigenvalue weighted by molar-refractivity contribution is 14.1. The van der Waals surface area contributed by atoms with Crippen molar-refractivity contribution in [2.24, 2.45) is 5.73 Å². The minimum atomic E-state index is -0.996. The molecule has 128 valence electrons. The molecule has 0 aliphatic heterocycles. The lowest BCUT2D eigenvalue weighted by molar-refractivity contribution is -0.138. The first-order valence-electron chi connectivity index (χ1n) is 7.23. The number of benzene rings is 1. The first-order valence-corrected chi connectivity index (χ1v) is 10.6. The van der Waals surface area contributed by atoms with E-state index >= 15 is 0 Å². The second kappa shape index (κ2) is 8.81. The number of carboxylic acids is 1. The summed E-state index contributed by atoms with van der Waals surface area (Å²) < 4.78 is 8.30. The molecular weight excluding hydrogens is 639 g/mol. The number of nitrogens with two attached hydrogens (primary N) is 1. The predicted octanol–water partition coefficient (Wildman–Crippen LogP) is 2.95. The van der Waals surface area contributed by atoms with E-state index < -0.39 is 12.0 Å². The summed E-state index contributed by atoms with van der Waals surface area (Å²) in [5, 5.41) is 18.7. The maximum Gasteiger partial charge on any atom is 0.320 e. The Hall–Kier alpha value is 0.600. The van der Waals surface area contributed by atoms with Crippen LogP contribution in [0.3, 0.4) is 0 Å². The molecule has 1 fully saturated rings. The third-order valence-electron chi connectivity index (χ3n) is 3.81. The number of hydrogen-bond donors (Lipinski definition) is 3. The Morgan fingerprint density at radius 1 is 1.35 bits per heavy atom. The van der Waals surface area contributed by atoms with Gasteiger partial charge in [0.1, 0.15) is 17.9 Å². The Bertz CT molecular complexity index is 561. The van der Waals surface area contributed by atoms with Gasteiger partial charge in [-0.15, -0.1) is 0 Å². The van der Waals surface area contributed by atoms with Gasteiger partial charge in [0.25, 0.3) is 0 Å². The Morgan fingerprint density at radius 3 is 2.48 bits per heavy atom. The molecule has 2 rings (SSSR count). The van der Waals surface area contributed by atoms with Crippen LogP contribution in [0.4, 0.5) is 0 Å². The van der Waals surface area contributed by atoms with Crippen LogP contribution in [0.15, 0.2) is 12.1 Å². The molecule has 8 heteroatoms. The Morgan fingerprint density at radius 2 is 1.96 bits per heavy atom. The fourth-order valence-corrected chi connectivity index (χ4v) is 5.60. The normalized spacial score (nSPS) is 25.9. The number of hydrogen-bond acceptors (Lipinski definition) is 4. The molecule has 1 aromatic carbocycles. The van der Waals surface area contributed by atoms with E-state index in [9.17, 15) is 9.90 Å². The molecule has 1 aliphatic carbocycles. The summed E-state index contributed by atoms with van der Waals surface area (Å²) >= 11 is 6.70. The summed E-state index contributed by atoms with van der Waals surface area (Å²) in [6, 6.07) is 2.97. The van der Waals surface area contributed by atoms with Gasteiger partial charge in [-0.25, -0.2) is 0 Å². The van der Waals surface area contributed by atoms with E-state index in [0.717, 1.165) is 37.7 Å². The van der Waals surface area contributed by atoms with E-state index in [1.165, 1.54) is 0 Å². The molecule has 0 aromatic heterocycles. The molecule has 1 saturated carbocycles. The smallest absolute Gasteiger partial charge is 0.320 e. The van der Waals surface area contributed by atoms with Crippen LogP contribution in [0.2, 0.25) is 0 Å². The van der Waals surface area contributed by atoms with Gasteiger partial charge in [0.05, 0.1) is 13.2 Å². The van der Waals surface area contributed by atoms with Crippen LogP contribution in [-0.4, -0.2) is 38.4 Å². The van der Waals surface area contributed by atoms with Crippen LogP contribution in [0.25, 0.3) is 0 Å². The molecule has 0 amide bonds. The zero-order valence-corrected chi connectivity index (χ0v) is 18.7. The highest BCUT2D eigenvalue weighted by Crippen LogP contribution is 2.34. The quantitative estimate of drug-likeness (QED) is 0.335. The molecule has 0 bridgehead atoms. The fourth-order valence-electron chi connectivity index (χ4n) is 2.52. The van der Waals surface area contributed by atoms with E-state index in [1.807, 2.05) is 12.1 Å². The number of carboxylic acid groups (broad SMARTS) is 1. The molecule has 5 nitrogen and oxygen atoms in total. The van der Waals surface area contributed by atoms with Gasteiger partial charge in [-0.1, -0.05) is 22.6 Å².